The van der Waals surface area contributed by atoms with Crippen molar-refractivity contribution in [2.24, 2.45) is 0 Å². The predicted octanol–water partition coefficient (Wildman–Crippen LogP) is 9.81. The first-order chi connectivity index (χ1) is 18.2. The zero-order valence-electron chi connectivity index (χ0n) is 22.2. The minimum Gasteiger partial charge on any atom is -0.490 e. The highest BCUT2D eigenvalue weighted by molar-refractivity contribution is 5.83. The van der Waals surface area contributed by atoms with E-state index in [4.69, 9.17) is 13.9 Å². The number of ether oxygens (including phenoxy) is 2. The van der Waals surface area contributed by atoms with E-state index in [9.17, 15) is 0 Å². The van der Waals surface area contributed by atoms with Crippen molar-refractivity contribution in [3.05, 3.63) is 102 Å². The monoisotopic (exact) mass is 493 g/mol. The van der Waals surface area contributed by atoms with E-state index in [2.05, 4.69) is 73.7 Å². The van der Waals surface area contributed by atoms with E-state index in [0.717, 1.165) is 58.1 Å². The summed E-state index contributed by atoms with van der Waals surface area (Å²) in [5.41, 5.74) is 5.71. The molecule has 3 aromatic carbocycles. The number of unbranched alkanes of at least 4 members (excludes halogenated alkanes) is 2. The van der Waals surface area contributed by atoms with Crippen LogP contribution in [0.25, 0.3) is 34.1 Å². The van der Waals surface area contributed by atoms with Crippen LogP contribution in [0.4, 0.5) is 0 Å². The maximum Gasteiger partial charge on any atom is 0.361 e. The predicted molar refractivity (Wildman–Crippen MR) is 155 cm³/mol. The lowest BCUT2D eigenvalue weighted by Gasteiger charge is -2.14. The number of benzene rings is 3. The molecule has 37 heavy (non-hydrogen) atoms. The molecule has 4 rings (SSSR count). The van der Waals surface area contributed by atoms with Gasteiger partial charge in [0, 0.05) is 11.6 Å². The molecule has 0 atom stereocenters. The largest absolute Gasteiger partial charge is 0.490 e. The van der Waals surface area contributed by atoms with Crippen LogP contribution >= 0.6 is 0 Å². The molecule has 0 bridgehead atoms. The second-order valence-corrected chi connectivity index (χ2v) is 9.00. The summed E-state index contributed by atoms with van der Waals surface area (Å²) in [5, 5.41) is 0. The summed E-state index contributed by atoms with van der Waals surface area (Å²) in [6.07, 6.45) is 6.62. The molecule has 0 aliphatic heterocycles. The summed E-state index contributed by atoms with van der Waals surface area (Å²) in [4.78, 5) is 0. The van der Waals surface area contributed by atoms with Crippen molar-refractivity contribution in [3.63, 3.8) is 0 Å². The summed E-state index contributed by atoms with van der Waals surface area (Å²) in [6, 6.07) is 31.3. The van der Waals surface area contributed by atoms with Gasteiger partial charge in [0.1, 0.15) is 0 Å². The van der Waals surface area contributed by atoms with Gasteiger partial charge in [-0.15, -0.1) is 0 Å². The van der Waals surface area contributed by atoms with Crippen molar-refractivity contribution in [2.75, 3.05) is 13.2 Å². The van der Waals surface area contributed by atoms with E-state index < -0.39 is 0 Å². The average molecular weight is 494 g/mol. The van der Waals surface area contributed by atoms with Crippen LogP contribution in [0.5, 0.6) is 11.5 Å². The van der Waals surface area contributed by atoms with Gasteiger partial charge in [0.15, 0.2) is 11.5 Å². The lowest BCUT2D eigenvalue weighted by atomic mass is 9.97. The maximum atomic E-state index is 6.49. The Morgan fingerprint density at radius 1 is 0.676 bits per heavy atom. The van der Waals surface area contributed by atoms with E-state index in [0.29, 0.717) is 13.2 Å². The van der Waals surface area contributed by atoms with E-state index in [1.165, 1.54) is 18.4 Å². The first-order valence-electron chi connectivity index (χ1n) is 13.4. The molecule has 1 heterocycles. The maximum absolute atomic E-state index is 6.49. The molecule has 3 nitrogen and oxygen atoms in total. The Hall–Kier alpha value is -3.85. The Morgan fingerprint density at radius 2 is 1.35 bits per heavy atom. The van der Waals surface area contributed by atoms with Crippen molar-refractivity contribution in [1.29, 1.82) is 0 Å². The Bertz CT molecular complexity index is 1240. The molecule has 1 aromatic heterocycles. The molecule has 4 aromatic rings. The first kappa shape index (κ1) is 26.2. The summed E-state index contributed by atoms with van der Waals surface area (Å²) in [6.45, 7) is 7.42. The number of rotatable bonds is 12. The fourth-order valence-electron chi connectivity index (χ4n) is 4.42. The molecular formula is C34H37O3+. The molecule has 0 aliphatic carbocycles. The van der Waals surface area contributed by atoms with Gasteiger partial charge in [0.25, 0.3) is 0 Å². The molecule has 0 N–H and O–H groups in total. The molecule has 0 saturated heterocycles. The Balaban J connectivity index is 1.82. The fraction of sp³-hybridized carbons (Fsp3) is 0.265. The molecule has 0 radical (unpaired) electrons. The zero-order chi connectivity index (χ0) is 25.9. The van der Waals surface area contributed by atoms with Crippen LogP contribution in [-0.2, 0) is 0 Å². The Kier molecular flexibility index (Phi) is 9.54. The molecule has 0 amide bonds. The van der Waals surface area contributed by atoms with Gasteiger partial charge in [-0.25, -0.2) is 4.42 Å². The zero-order valence-corrected chi connectivity index (χ0v) is 22.2. The molecule has 0 unspecified atom stereocenters. The van der Waals surface area contributed by atoms with Crippen molar-refractivity contribution < 1.29 is 13.9 Å². The van der Waals surface area contributed by atoms with Crippen LogP contribution < -0.4 is 9.47 Å². The highest BCUT2D eigenvalue weighted by Crippen LogP contribution is 2.35. The van der Waals surface area contributed by atoms with Crippen molar-refractivity contribution in [3.8, 4) is 33.9 Å². The van der Waals surface area contributed by atoms with Gasteiger partial charge in [0.2, 0.25) is 0 Å². The molecular weight excluding hydrogens is 456 g/mol. The molecule has 0 fully saturated rings. The number of allylic oxidation sites excluding steroid dienone is 1. The number of hydrogen-bond donors (Lipinski definition) is 0. The van der Waals surface area contributed by atoms with Crippen LogP contribution in [0.15, 0.2) is 95.4 Å². The third-order valence-electron chi connectivity index (χ3n) is 6.26. The lowest BCUT2D eigenvalue weighted by Crippen LogP contribution is -1.99. The number of hydrogen-bond acceptors (Lipinski definition) is 2. The van der Waals surface area contributed by atoms with Crippen LogP contribution in [0.2, 0.25) is 0 Å². The topological polar surface area (TPSA) is 29.8 Å². The SMILES string of the molecule is CCCCC/C(=C\c1cc(-c2ccccc2)cc(-c2ccccc2)[o+]1)c1ccc(OCC)c(OCC)c1. The minimum absolute atomic E-state index is 0.591. The standard InChI is InChI=1S/C34H37O3/c1-4-7-10-19-28(29-20-21-32(35-5-2)34(24-29)36-6-3)22-31-23-30(26-15-11-8-12-16-26)25-33(37-31)27-17-13-9-14-18-27/h8-9,11-18,20-25H,4-7,10,19H2,1-3H3/q+1/b28-22+. The molecule has 190 valence electrons. The van der Waals surface area contributed by atoms with E-state index >= 15 is 0 Å². The second kappa shape index (κ2) is 13.5. The highest BCUT2D eigenvalue weighted by Gasteiger charge is 2.19. The van der Waals surface area contributed by atoms with Crippen molar-refractivity contribution >= 4 is 11.6 Å². The molecule has 3 heteroatoms. The molecule has 0 spiro atoms. The van der Waals surface area contributed by atoms with E-state index in [-0.39, 0.29) is 0 Å². The van der Waals surface area contributed by atoms with Gasteiger partial charge >= 0.3 is 11.5 Å². The van der Waals surface area contributed by atoms with E-state index in [1.807, 2.05) is 44.2 Å². The summed E-state index contributed by atoms with van der Waals surface area (Å²) >= 11 is 0. The Labute approximate surface area is 221 Å². The van der Waals surface area contributed by atoms with Crippen LogP contribution in [0.3, 0.4) is 0 Å². The average Bonchev–Trinajstić information content (AvgIpc) is 2.94. The van der Waals surface area contributed by atoms with Crippen LogP contribution in [-0.4, -0.2) is 13.2 Å². The molecule has 0 aliphatic rings. The van der Waals surface area contributed by atoms with Gasteiger partial charge in [-0.05, 0) is 67.7 Å². The quantitative estimate of drug-likeness (QED) is 0.145. The van der Waals surface area contributed by atoms with Gasteiger partial charge in [-0.1, -0.05) is 74.4 Å². The van der Waals surface area contributed by atoms with Crippen LogP contribution in [0, 0.1) is 0 Å². The smallest absolute Gasteiger partial charge is 0.361 e. The summed E-state index contributed by atoms with van der Waals surface area (Å²) in [7, 11) is 0. The Morgan fingerprint density at radius 3 is 2.03 bits per heavy atom. The molecule has 0 saturated carbocycles. The summed E-state index contributed by atoms with van der Waals surface area (Å²) in [5.74, 6) is 3.24. The van der Waals surface area contributed by atoms with Crippen molar-refractivity contribution in [2.45, 2.75) is 46.5 Å². The second-order valence-electron chi connectivity index (χ2n) is 9.00. The van der Waals surface area contributed by atoms with Crippen LogP contribution in [0.1, 0.15) is 57.8 Å². The van der Waals surface area contributed by atoms with Gasteiger partial charge in [-0.3, -0.25) is 0 Å². The highest BCUT2D eigenvalue weighted by atomic mass is 16.5. The minimum atomic E-state index is 0.591. The normalized spacial score (nSPS) is 11.4. The first-order valence-corrected chi connectivity index (χ1v) is 13.4. The van der Waals surface area contributed by atoms with Gasteiger partial charge < -0.3 is 9.47 Å². The fourth-order valence-corrected chi connectivity index (χ4v) is 4.42. The van der Waals surface area contributed by atoms with E-state index in [1.54, 1.807) is 0 Å². The lowest BCUT2D eigenvalue weighted by molar-refractivity contribution is 0.287. The third-order valence-corrected chi connectivity index (χ3v) is 6.26. The van der Waals surface area contributed by atoms with Gasteiger partial charge in [-0.2, -0.15) is 0 Å². The third kappa shape index (κ3) is 7.10. The summed E-state index contributed by atoms with van der Waals surface area (Å²) < 4.78 is 18.2. The van der Waals surface area contributed by atoms with Crippen molar-refractivity contribution in [1.82, 2.24) is 0 Å². The van der Waals surface area contributed by atoms with Gasteiger partial charge in [0.05, 0.1) is 30.9 Å².